The average Bonchev–Trinajstić information content (AvgIpc) is 2.31. The molecule has 0 unspecified atom stereocenters. The Labute approximate surface area is 104 Å². The van der Waals surface area contributed by atoms with Gasteiger partial charge in [0.15, 0.2) is 5.75 Å². The molecule has 0 aromatic carbocycles. The van der Waals surface area contributed by atoms with Gasteiger partial charge in [-0.2, -0.15) is 0 Å². The third kappa shape index (κ3) is 3.15. The van der Waals surface area contributed by atoms with E-state index < -0.39 is 18.6 Å². The zero-order chi connectivity index (χ0) is 13.2. The predicted molar refractivity (Wildman–Crippen MR) is 60.8 cm³/mol. The molecule has 0 aliphatic carbocycles. The number of hydrogen-bond acceptors (Lipinski definition) is 3. The number of aromatic nitrogens is 1. The normalized spacial score (nSPS) is 18.5. The zero-order valence-corrected chi connectivity index (χ0v) is 10.0. The molecule has 6 heteroatoms. The van der Waals surface area contributed by atoms with Crippen molar-refractivity contribution in [1.82, 2.24) is 9.88 Å². The van der Waals surface area contributed by atoms with E-state index in [1.807, 2.05) is 0 Å². The van der Waals surface area contributed by atoms with Gasteiger partial charge in [0, 0.05) is 18.7 Å². The summed E-state index contributed by atoms with van der Waals surface area (Å²) in [5, 5.41) is 0. The third-order valence-electron chi connectivity index (χ3n) is 2.74. The smallest absolute Gasteiger partial charge is 0.409 e. The lowest BCUT2D eigenvalue weighted by Crippen LogP contribution is -2.46. The van der Waals surface area contributed by atoms with E-state index in [2.05, 4.69) is 4.98 Å². The van der Waals surface area contributed by atoms with Crippen molar-refractivity contribution in [3.05, 3.63) is 24.0 Å². The van der Waals surface area contributed by atoms with Crippen LogP contribution in [0.1, 0.15) is 18.5 Å². The minimum Gasteiger partial charge on any atom is -0.409 e. The van der Waals surface area contributed by atoms with Crippen LogP contribution in [0.15, 0.2) is 18.3 Å². The van der Waals surface area contributed by atoms with Crippen molar-refractivity contribution >= 4 is 6.09 Å². The van der Waals surface area contributed by atoms with E-state index in [9.17, 15) is 13.6 Å². The Hall–Kier alpha value is -1.72. The number of nitrogens with zero attached hydrogens (tertiary/aromatic N) is 2. The van der Waals surface area contributed by atoms with Gasteiger partial charge in [0.25, 0.3) is 5.92 Å². The third-order valence-corrected chi connectivity index (χ3v) is 2.74. The van der Waals surface area contributed by atoms with Crippen LogP contribution in [0.4, 0.5) is 13.6 Å². The highest BCUT2D eigenvalue weighted by Crippen LogP contribution is 2.27. The topological polar surface area (TPSA) is 42.4 Å². The number of halogens is 2. The number of alkyl halides is 2. The van der Waals surface area contributed by atoms with Gasteiger partial charge in [0.05, 0.1) is 12.7 Å². The summed E-state index contributed by atoms with van der Waals surface area (Å²) in [5.41, 5.74) is 0.791. The molecule has 18 heavy (non-hydrogen) atoms. The van der Waals surface area contributed by atoms with Gasteiger partial charge >= 0.3 is 6.09 Å². The van der Waals surface area contributed by atoms with E-state index in [1.54, 1.807) is 19.1 Å². The number of amides is 1. The first-order valence-electron chi connectivity index (χ1n) is 5.73. The second kappa shape index (κ2) is 4.88. The molecule has 1 aromatic heterocycles. The second-order valence-corrected chi connectivity index (χ2v) is 4.38. The fourth-order valence-corrected chi connectivity index (χ4v) is 1.80. The number of likely N-dealkylation sites (tertiary alicyclic amines) is 1. The van der Waals surface area contributed by atoms with Crippen LogP contribution in [-0.2, 0) is 0 Å². The Bertz CT molecular complexity index is 434. The average molecular weight is 256 g/mol. The maximum absolute atomic E-state index is 13.1. The summed E-state index contributed by atoms with van der Waals surface area (Å²) in [6.45, 7) is 1.52. The molecule has 0 N–H and O–H groups in total. The maximum atomic E-state index is 13.1. The molecule has 2 rings (SSSR count). The van der Waals surface area contributed by atoms with Crippen molar-refractivity contribution in [1.29, 1.82) is 0 Å². The Morgan fingerprint density at radius 1 is 1.50 bits per heavy atom. The molecule has 1 amide bonds. The SMILES string of the molecule is Cc1ccc(OC(=O)N2CCCC(F)(F)C2)cn1. The highest BCUT2D eigenvalue weighted by Gasteiger charge is 2.37. The van der Waals surface area contributed by atoms with Crippen molar-refractivity contribution in [2.45, 2.75) is 25.7 Å². The van der Waals surface area contributed by atoms with Crippen molar-refractivity contribution in [2.75, 3.05) is 13.1 Å². The van der Waals surface area contributed by atoms with Crippen LogP contribution in [0.2, 0.25) is 0 Å². The fourth-order valence-electron chi connectivity index (χ4n) is 1.80. The van der Waals surface area contributed by atoms with Gasteiger partial charge in [-0.3, -0.25) is 4.98 Å². The van der Waals surface area contributed by atoms with Crippen molar-refractivity contribution in [2.24, 2.45) is 0 Å². The summed E-state index contributed by atoms with van der Waals surface area (Å²) < 4.78 is 31.3. The highest BCUT2D eigenvalue weighted by molar-refractivity contribution is 5.70. The monoisotopic (exact) mass is 256 g/mol. The Balaban J connectivity index is 1.97. The van der Waals surface area contributed by atoms with E-state index in [0.29, 0.717) is 6.54 Å². The molecule has 1 aromatic rings. The lowest BCUT2D eigenvalue weighted by molar-refractivity contribution is -0.0565. The molecule has 0 spiro atoms. The maximum Gasteiger partial charge on any atom is 0.415 e. The minimum atomic E-state index is -2.82. The molecule has 4 nitrogen and oxygen atoms in total. The van der Waals surface area contributed by atoms with Gasteiger partial charge < -0.3 is 9.64 Å². The first-order chi connectivity index (χ1) is 8.46. The summed E-state index contributed by atoms with van der Waals surface area (Å²) in [4.78, 5) is 16.7. The highest BCUT2D eigenvalue weighted by atomic mass is 19.3. The van der Waals surface area contributed by atoms with Gasteiger partial charge in [-0.1, -0.05) is 0 Å². The van der Waals surface area contributed by atoms with Crippen LogP contribution in [0.3, 0.4) is 0 Å². The molecule has 1 fully saturated rings. The van der Waals surface area contributed by atoms with Crippen LogP contribution in [0.5, 0.6) is 5.75 Å². The Kier molecular flexibility index (Phi) is 3.45. The molecule has 0 saturated carbocycles. The van der Waals surface area contributed by atoms with E-state index in [1.165, 1.54) is 6.20 Å². The fraction of sp³-hybridized carbons (Fsp3) is 0.500. The number of piperidine rings is 1. The van der Waals surface area contributed by atoms with Crippen LogP contribution < -0.4 is 4.74 Å². The molecule has 0 radical (unpaired) electrons. The number of hydrogen-bond donors (Lipinski definition) is 0. The molecular formula is C12H14F2N2O2. The minimum absolute atomic E-state index is 0.178. The number of aryl methyl sites for hydroxylation is 1. The van der Waals surface area contributed by atoms with Crippen LogP contribution in [0.25, 0.3) is 0 Å². The number of rotatable bonds is 1. The summed E-state index contributed by atoms with van der Waals surface area (Å²) in [6, 6.07) is 3.27. The zero-order valence-electron chi connectivity index (χ0n) is 10.0. The molecule has 0 atom stereocenters. The van der Waals surface area contributed by atoms with Crippen LogP contribution >= 0.6 is 0 Å². The standard InChI is InChI=1S/C12H14F2N2O2/c1-9-3-4-10(7-15-9)18-11(17)16-6-2-5-12(13,14)8-16/h3-4,7H,2,5-6,8H2,1H3. The molecule has 98 valence electrons. The second-order valence-electron chi connectivity index (χ2n) is 4.38. The lowest BCUT2D eigenvalue weighted by Gasteiger charge is -2.31. The quantitative estimate of drug-likeness (QED) is 0.775. The van der Waals surface area contributed by atoms with E-state index in [-0.39, 0.29) is 18.6 Å². The predicted octanol–water partition coefficient (Wildman–Crippen LogP) is 2.62. The number of pyridine rings is 1. The number of carbonyl (C=O) groups is 1. The van der Waals surface area contributed by atoms with Crippen molar-refractivity contribution < 1.29 is 18.3 Å². The Morgan fingerprint density at radius 2 is 2.28 bits per heavy atom. The van der Waals surface area contributed by atoms with E-state index >= 15 is 0 Å². The molecule has 1 aliphatic rings. The first kappa shape index (κ1) is 12.7. The summed E-state index contributed by atoms with van der Waals surface area (Å²) in [7, 11) is 0. The summed E-state index contributed by atoms with van der Waals surface area (Å²) in [6.07, 6.45) is 0.756. The van der Waals surface area contributed by atoms with Crippen molar-refractivity contribution in [3.8, 4) is 5.75 Å². The Morgan fingerprint density at radius 3 is 2.89 bits per heavy atom. The first-order valence-corrected chi connectivity index (χ1v) is 5.73. The van der Waals surface area contributed by atoms with Gasteiger partial charge in [-0.05, 0) is 25.5 Å². The van der Waals surface area contributed by atoms with Gasteiger partial charge in [-0.25, -0.2) is 13.6 Å². The summed E-state index contributed by atoms with van der Waals surface area (Å²) in [5.74, 6) is -2.55. The molecule has 2 heterocycles. The number of ether oxygens (including phenoxy) is 1. The molecule has 0 bridgehead atoms. The van der Waals surface area contributed by atoms with Gasteiger partial charge in [-0.15, -0.1) is 0 Å². The summed E-state index contributed by atoms with van der Waals surface area (Å²) >= 11 is 0. The van der Waals surface area contributed by atoms with Gasteiger partial charge in [0.2, 0.25) is 0 Å². The largest absolute Gasteiger partial charge is 0.415 e. The number of carbonyl (C=O) groups excluding carboxylic acids is 1. The molecule has 1 saturated heterocycles. The van der Waals surface area contributed by atoms with E-state index in [4.69, 9.17) is 4.74 Å². The van der Waals surface area contributed by atoms with Crippen LogP contribution in [0, 0.1) is 6.92 Å². The van der Waals surface area contributed by atoms with Gasteiger partial charge in [0.1, 0.15) is 0 Å². The molecule has 1 aliphatic heterocycles. The van der Waals surface area contributed by atoms with E-state index in [0.717, 1.165) is 10.6 Å². The van der Waals surface area contributed by atoms with Crippen molar-refractivity contribution in [3.63, 3.8) is 0 Å². The van der Waals surface area contributed by atoms with Crippen LogP contribution in [-0.4, -0.2) is 35.0 Å². The lowest BCUT2D eigenvalue weighted by atomic mass is 10.1. The molecular weight excluding hydrogens is 242 g/mol.